The molecule has 0 aliphatic heterocycles. The number of carbonyl (C=O) groups is 1. The molecule has 0 atom stereocenters. The van der Waals surface area contributed by atoms with Crippen molar-refractivity contribution in [1.82, 2.24) is 0 Å². The third-order valence-electron chi connectivity index (χ3n) is 3.09. The van der Waals surface area contributed by atoms with Gasteiger partial charge in [-0.25, -0.2) is 0 Å². The minimum Gasteiger partial charge on any atom is -0.497 e. The molecule has 1 N–H and O–H groups in total. The second-order valence-corrected chi connectivity index (χ2v) is 4.97. The maximum absolute atomic E-state index is 12.2. The average Bonchev–Trinajstić information content (AvgIpc) is 2.50. The molecule has 2 aromatic rings. The Morgan fingerprint density at radius 1 is 1.27 bits per heavy atom. The molecule has 114 valence electrons. The Kier molecular flexibility index (Phi) is 4.62. The number of nitro groups is 1. The Morgan fingerprint density at radius 3 is 2.45 bits per heavy atom. The summed E-state index contributed by atoms with van der Waals surface area (Å²) in [6.45, 7) is 1.66. The van der Waals surface area contributed by atoms with Crippen LogP contribution in [0.5, 0.6) is 5.75 Å². The van der Waals surface area contributed by atoms with Crippen LogP contribution in [0.25, 0.3) is 0 Å². The average molecular weight is 321 g/mol. The third-order valence-corrected chi connectivity index (χ3v) is 3.39. The highest BCUT2D eigenvalue weighted by atomic mass is 35.5. The van der Waals surface area contributed by atoms with Crippen LogP contribution >= 0.6 is 11.6 Å². The van der Waals surface area contributed by atoms with Gasteiger partial charge in [0.1, 0.15) is 10.8 Å². The van der Waals surface area contributed by atoms with Crippen LogP contribution in [-0.2, 0) is 0 Å². The van der Waals surface area contributed by atoms with E-state index in [1.165, 1.54) is 19.2 Å². The molecule has 0 heterocycles. The summed E-state index contributed by atoms with van der Waals surface area (Å²) in [5.41, 5.74) is 1.23. The van der Waals surface area contributed by atoms with E-state index in [1.54, 1.807) is 31.2 Å². The van der Waals surface area contributed by atoms with E-state index in [0.29, 0.717) is 22.6 Å². The molecule has 22 heavy (non-hydrogen) atoms. The van der Waals surface area contributed by atoms with E-state index in [1.807, 2.05) is 0 Å². The van der Waals surface area contributed by atoms with Crippen molar-refractivity contribution in [2.75, 3.05) is 12.4 Å². The van der Waals surface area contributed by atoms with Crippen LogP contribution in [-0.4, -0.2) is 17.9 Å². The van der Waals surface area contributed by atoms with Crippen molar-refractivity contribution in [3.05, 3.63) is 62.7 Å². The van der Waals surface area contributed by atoms with Gasteiger partial charge in [-0.15, -0.1) is 0 Å². The minimum atomic E-state index is -0.565. The number of methoxy groups -OCH3 is 1. The Morgan fingerprint density at radius 2 is 1.91 bits per heavy atom. The summed E-state index contributed by atoms with van der Waals surface area (Å²) < 4.78 is 5.02. The van der Waals surface area contributed by atoms with Crippen molar-refractivity contribution in [3.63, 3.8) is 0 Å². The molecule has 0 saturated carbocycles. The number of hydrogen-bond acceptors (Lipinski definition) is 4. The molecule has 0 unspecified atom stereocenters. The summed E-state index contributed by atoms with van der Waals surface area (Å²) in [6.07, 6.45) is 0. The first-order valence-corrected chi connectivity index (χ1v) is 6.70. The highest BCUT2D eigenvalue weighted by molar-refractivity contribution is 6.33. The zero-order valence-electron chi connectivity index (χ0n) is 11.9. The Balaban J connectivity index is 2.24. The molecule has 2 rings (SSSR count). The minimum absolute atomic E-state index is 0.0272. The molecule has 0 spiro atoms. The highest BCUT2D eigenvalue weighted by Gasteiger charge is 2.16. The van der Waals surface area contributed by atoms with Crippen molar-refractivity contribution < 1.29 is 14.5 Å². The molecule has 6 nitrogen and oxygen atoms in total. The number of ether oxygens (including phenoxy) is 1. The lowest BCUT2D eigenvalue weighted by Crippen LogP contribution is -2.12. The quantitative estimate of drug-likeness (QED) is 0.686. The number of benzene rings is 2. The molecule has 0 saturated heterocycles. The molecule has 0 radical (unpaired) electrons. The van der Waals surface area contributed by atoms with Crippen LogP contribution in [0.1, 0.15) is 15.9 Å². The normalized spacial score (nSPS) is 10.1. The van der Waals surface area contributed by atoms with Crippen molar-refractivity contribution in [2.45, 2.75) is 6.92 Å². The fourth-order valence-electron chi connectivity index (χ4n) is 1.88. The number of amides is 1. The molecule has 0 aliphatic carbocycles. The van der Waals surface area contributed by atoms with Gasteiger partial charge in [0.25, 0.3) is 11.6 Å². The van der Waals surface area contributed by atoms with Crippen molar-refractivity contribution in [1.29, 1.82) is 0 Å². The summed E-state index contributed by atoms with van der Waals surface area (Å²) in [7, 11) is 1.54. The monoisotopic (exact) mass is 320 g/mol. The number of nitro benzene ring substituents is 1. The predicted octanol–water partition coefficient (Wildman–Crippen LogP) is 3.82. The van der Waals surface area contributed by atoms with Gasteiger partial charge in [0.2, 0.25) is 0 Å². The van der Waals surface area contributed by atoms with Gasteiger partial charge in [0.15, 0.2) is 0 Å². The lowest BCUT2D eigenvalue weighted by Gasteiger charge is -2.09. The number of rotatable bonds is 4. The highest BCUT2D eigenvalue weighted by Crippen LogP contribution is 2.30. The number of halogens is 1. The van der Waals surface area contributed by atoms with E-state index < -0.39 is 4.92 Å². The van der Waals surface area contributed by atoms with E-state index in [4.69, 9.17) is 16.3 Å². The second kappa shape index (κ2) is 6.44. The zero-order valence-corrected chi connectivity index (χ0v) is 12.7. The Labute approximate surface area is 131 Å². The first-order chi connectivity index (χ1) is 10.4. The first-order valence-electron chi connectivity index (χ1n) is 6.32. The predicted molar refractivity (Wildman–Crippen MR) is 83.8 cm³/mol. The van der Waals surface area contributed by atoms with Crippen molar-refractivity contribution >= 4 is 28.9 Å². The summed E-state index contributed by atoms with van der Waals surface area (Å²) in [4.78, 5) is 22.4. The Hall–Kier alpha value is -2.60. The van der Waals surface area contributed by atoms with Gasteiger partial charge < -0.3 is 10.1 Å². The van der Waals surface area contributed by atoms with E-state index >= 15 is 0 Å². The van der Waals surface area contributed by atoms with Gasteiger partial charge in [0, 0.05) is 17.3 Å². The summed E-state index contributed by atoms with van der Waals surface area (Å²) >= 11 is 5.86. The van der Waals surface area contributed by atoms with Crippen LogP contribution in [0.3, 0.4) is 0 Å². The molecular formula is C15H13ClN2O4. The lowest BCUT2D eigenvalue weighted by molar-refractivity contribution is -0.384. The smallest absolute Gasteiger partial charge is 0.288 e. The van der Waals surface area contributed by atoms with Crippen LogP contribution in [0.2, 0.25) is 5.02 Å². The molecular weight excluding hydrogens is 308 g/mol. The number of aryl methyl sites for hydroxylation is 1. The summed E-state index contributed by atoms with van der Waals surface area (Å²) in [6, 6.07) is 9.28. The lowest BCUT2D eigenvalue weighted by atomic mass is 10.1. The third kappa shape index (κ3) is 3.35. The van der Waals surface area contributed by atoms with Gasteiger partial charge in [-0.3, -0.25) is 14.9 Å². The maximum Gasteiger partial charge on any atom is 0.288 e. The standard InChI is InChI=1S/C15H13ClN2O4/c1-9-7-14(18(20)21)12(16)8-13(9)17-15(19)10-3-5-11(22-2)6-4-10/h3-8H,1-2H3,(H,17,19). The molecule has 0 fully saturated rings. The molecule has 0 bridgehead atoms. The van der Waals surface area contributed by atoms with Crippen molar-refractivity contribution in [2.24, 2.45) is 0 Å². The van der Waals surface area contributed by atoms with Gasteiger partial charge in [0.05, 0.1) is 12.0 Å². The van der Waals surface area contributed by atoms with E-state index in [9.17, 15) is 14.9 Å². The van der Waals surface area contributed by atoms with E-state index in [0.717, 1.165) is 0 Å². The van der Waals surface area contributed by atoms with Crippen LogP contribution in [0, 0.1) is 17.0 Å². The van der Waals surface area contributed by atoms with Crippen LogP contribution < -0.4 is 10.1 Å². The van der Waals surface area contributed by atoms with E-state index in [2.05, 4.69) is 5.32 Å². The number of anilines is 1. The van der Waals surface area contributed by atoms with Gasteiger partial charge >= 0.3 is 0 Å². The van der Waals surface area contributed by atoms with Gasteiger partial charge in [-0.05, 0) is 42.8 Å². The maximum atomic E-state index is 12.2. The van der Waals surface area contributed by atoms with Crippen molar-refractivity contribution in [3.8, 4) is 5.75 Å². The number of carbonyl (C=O) groups excluding carboxylic acids is 1. The van der Waals surface area contributed by atoms with Crippen LogP contribution in [0.15, 0.2) is 36.4 Å². The summed E-state index contributed by atoms with van der Waals surface area (Å²) in [5.74, 6) is 0.307. The molecule has 7 heteroatoms. The number of hydrogen-bond donors (Lipinski definition) is 1. The first kappa shape index (κ1) is 15.8. The largest absolute Gasteiger partial charge is 0.497 e. The fraction of sp³-hybridized carbons (Fsp3) is 0.133. The van der Waals surface area contributed by atoms with E-state index in [-0.39, 0.29) is 16.6 Å². The zero-order chi connectivity index (χ0) is 16.3. The SMILES string of the molecule is COc1ccc(C(=O)Nc2cc(Cl)c([N+](=O)[O-])cc2C)cc1. The Bertz CT molecular complexity index is 729. The van der Waals surface area contributed by atoms with Gasteiger partial charge in [-0.2, -0.15) is 0 Å². The topological polar surface area (TPSA) is 81.5 Å². The molecule has 2 aromatic carbocycles. The summed E-state index contributed by atoms with van der Waals surface area (Å²) in [5, 5.41) is 13.5. The number of nitrogens with one attached hydrogen (secondary N) is 1. The molecule has 1 amide bonds. The molecule has 0 aromatic heterocycles. The van der Waals surface area contributed by atoms with Gasteiger partial charge in [-0.1, -0.05) is 11.6 Å². The number of nitrogens with zero attached hydrogens (tertiary/aromatic N) is 1. The second-order valence-electron chi connectivity index (χ2n) is 4.56. The van der Waals surface area contributed by atoms with Crippen LogP contribution in [0.4, 0.5) is 11.4 Å². The molecule has 0 aliphatic rings. The fourth-order valence-corrected chi connectivity index (χ4v) is 2.11.